The summed E-state index contributed by atoms with van der Waals surface area (Å²) in [5.74, 6) is 0.426. The number of amides is 1. The number of hydrazone groups is 1. The van der Waals surface area contributed by atoms with Gasteiger partial charge in [-0.2, -0.15) is 5.10 Å². The second-order valence-electron chi connectivity index (χ2n) is 4.68. The maximum Gasteiger partial charge on any atom is 0.277 e. The number of nitrogens with zero attached hydrogens (tertiary/aromatic N) is 2. The smallest absolute Gasteiger partial charge is 0.277 e. The van der Waals surface area contributed by atoms with E-state index >= 15 is 0 Å². The van der Waals surface area contributed by atoms with E-state index in [0.29, 0.717) is 11.5 Å². The van der Waals surface area contributed by atoms with Crippen molar-refractivity contribution in [3.63, 3.8) is 0 Å². The standard InChI is InChI=1S/C16H15N3O5/c1-12(7-8-14-6-3-9-23-14)17-18-16(20)11-24-15-5-2-4-13(10-15)19(21)22/h2-10H,11H2,1H3,(H,18,20)/b8-7+,17-12+. The topological polar surface area (TPSA) is 107 Å². The van der Waals surface area contributed by atoms with Crippen LogP contribution in [0.15, 0.2) is 58.3 Å². The minimum absolute atomic E-state index is 0.107. The summed E-state index contributed by atoms with van der Waals surface area (Å²) in [6, 6.07) is 9.14. The minimum Gasteiger partial charge on any atom is -0.483 e. The maximum absolute atomic E-state index is 11.7. The zero-order chi connectivity index (χ0) is 17.4. The monoisotopic (exact) mass is 329 g/mol. The lowest BCUT2D eigenvalue weighted by atomic mass is 10.3. The first kappa shape index (κ1) is 16.9. The van der Waals surface area contributed by atoms with Crippen molar-refractivity contribution in [1.82, 2.24) is 5.43 Å². The Morgan fingerprint density at radius 1 is 1.42 bits per heavy atom. The highest BCUT2D eigenvalue weighted by Gasteiger charge is 2.07. The Balaban J connectivity index is 1.81. The van der Waals surface area contributed by atoms with E-state index < -0.39 is 10.8 Å². The molecule has 0 unspecified atom stereocenters. The molecule has 0 atom stereocenters. The third kappa shape index (κ3) is 5.41. The third-order valence-electron chi connectivity index (χ3n) is 2.79. The molecule has 1 N–H and O–H groups in total. The van der Waals surface area contributed by atoms with Gasteiger partial charge in [0.15, 0.2) is 6.61 Å². The molecule has 0 radical (unpaired) electrons. The second-order valence-corrected chi connectivity index (χ2v) is 4.68. The van der Waals surface area contributed by atoms with Crippen molar-refractivity contribution in [1.29, 1.82) is 0 Å². The summed E-state index contributed by atoms with van der Waals surface area (Å²) >= 11 is 0. The van der Waals surface area contributed by atoms with Gasteiger partial charge in [0.2, 0.25) is 0 Å². The predicted octanol–water partition coefficient (Wildman–Crippen LogP) is 2.77. The van der Waals surface area contributed by atoms with Crippen LogP contribution in [0.1, 0.15) is 12.7 Å². The number of nitro groups is 1. The molecule has 0 spiro atoms. The molecule has 8 heteroatoms. The van der Waals surface area contributed by atoms with Crippen LogP contribution in [0.5, 0.6) is 5.75 Å². The Hall–Kier alpha value is -3.42. The van der Waals surface area contributed by atoms with Gasteiger partial charge in [-0.05, 0) is 37.3 Å². The molecule has 1 amide bonds. The van der Waals surface area contributed by atoms with Gasteiger partial charge in [-0.1, -0.05) is 6.07 Å². The number of furan rings is 1. The van der Waals surface area contributed by atoms with E-state index in [1.807, 2.05) is 0 Å². The Morgan fingerprint density at radius 3 is 2.96 bits per heavy atom. The Morgan fingerprint density at radius 2 is 2.25 bits per heavy atom. The molecular weight excluding hydrogens is 314 g/mol. The average Bonchev–Trinajstić information content (AvgIpc) is 3.10. The first-order valence-corrected chi connectivity index (χ1v) is 6.96. The first-order chi connectivity index (χ1) is 11.5. The molecular formula is C16H15N3O5. The molecule has 2 rings (SSSR count). The van der Waals surface area contributed by atoms with Crippen molar-refractivity contribution in [3.05, 3.63) is 64.6 Å². The summed E-state index contributed by atoms with van der Waals surface area (Å²) in [5, 5.41) is 14.5. The predicted molar refractivity (Wildman–Crippen MR) is 87.6 cm³/mol. The van der Waals surface area contributed by atoms with E-state index in [-0.39, 0.29) is 18.0 Å². The maximum atomic E-state index is 11.7. The molecule has 124 valence electrons. The fourth-order valence-electron chi connectivity index (χ4n) is 1.64. The molecule has 0 saturated carbocycles. The van der Waals surface area contributed by atoms with Crippen LogP contribution in [0.2, 0.25) is 0 Å². The molecule has 8 nitrogen and oxygen atoms in total. The molecule has 0 aliphatic carbocycles. The van der Waals surface area contributed by atoms with Crippen molar-refractivity contribution in [2.75, 3.05) is 6.61 Å². The van der Waals surface area contributed by atoms with Gasteiger partial charge in [-0.3, -0.25) is 14.9 Å². The van der Waals surface area contributed by atoms with Gasteiger partial charge in [0.1, 0.15) is 11.5 Å². The van der Waals surface area contributed by atoms with Gasteiger partial charge in [0, 0.05) is 6.07 Å². The highest BCUT2D eigenvalue weighted by molar-refractivity contribution is 5.96. The molecule has 1 aromatic carbocycles. The summed E-state index contributed by atoms with van der Waals surface area (Å²) in [6.45, 7) is 1.40. The zero-order valence-corrected chi connectivity index (χ0v) is 12.8. The van der Waals surface area contributed by atoms with E-state index in [2.05, 4.69) is 10.5 Å². The van der Waals surface area contributed by atoms with Gasteiger partial charge < -0.3 is 9.15 Å². The van der Waals surface area contributed by atoms with Crippen LogP contribution >= 0.6 is 0 Å². The van der Waals surface area contributed by atoms with Crippen molar-refractivity contribution in [2.24, 2.45) is 5.10 Å². The molecule has 0 bridgehead atoms. The zero-order valence-electron chi connectivity index (χ0n) is 12.8. The minimum atomic E-state index is -0.536. The SMILES string of the molecule is CC(/C=C/c1ccco1)=N\NC(=O)COc1cccc([N+](=O)[O-])c1. The molecule has 0 aliphatic heterocycles. The highest BCUT2D eigenvalue weighted by atomic mass is 16.6. The number of carbonyl (C=O) groups excluding carboxylic acids is 1. The van der Waals surface area contributed by atoms with Gasteiger partial charge in [0.05, 0.1) is 23.0 Å². The molecule has 2 aromatic rings. The fraction of sp³-hybridized carbons (Fsp3) is 0.125. The Bertz CT molecular complexity index is 766. The van der Waals surface area contributed by atoms with Crippen LogP contribution in [-0.4, -0.2) is 23.1 Å². The number of nitrogens with one attached hydrogen (secondary N) is 1. The van der Waals surface area contributed by atoms with Crippen molar-refractivity contribution < 1.29 is 18.9 Å². The average molecular weight is 329 g/mol. The third-order valence-corrected chi connectivity index (χ3v) is 2.79. The van der Waals surface area contributed by atoms with Crippen molar-refractivity contribution in [2.45, 2.75) is 6.92 Å². The number of ether oxygens (including phenoxy) is 1. The van der Waals surface area contributed by atoms with Crippen LogP contribution in [0.4, 0.5) is 5.69 Å². The van der Waals surface area contributed by atoms with Crippen molar-refractivity contribution >= 4 is 23.4 Å². The first-order valence-electron chi connectivity index (χ1n) is 6.96. The quantitative estimate of drug-likeness (QED) is 0.477. The highest BCUT2D eigenvalue weighted by Crippen LogP contribution is 2.18. The Kier molecular flexibility index (Phi) is 5.84. The molecule has 0 aliphatic rings. The van der Waals surface area contributed by atoms with Gasteiger partial charge in [0.25, 0.3) is 11.6 Å². The van der Waals surface area contributed by atoms with Crippen LogP contribution in [0.25, 0.3) is 6.08 Å². The summed E-state index contributed by atoms with van der Waals surface area (Å²) in [4.78, 5) is 21.8. The van der Waals surface area contributed by atoms with Crippen LogP contribution in [0, 0.1) is 10.1 Å². The van der Waals surface area contributed by atoms with Crippen LogP contribution in [0.3, 0.4) is 0 Å². The van der Waals surface area contributed by atoms with E-state index in [0.717, 1.165) is 0 Å². The molecule has 1 aromatic heterocycles. The number of hydrogen-bond acceptors (Lipinski definition) is 6. The normalized spacial score (nSPS) is 11.5. The number of benzene rings is 1. The van der Waals surface area contributed by atoms with Crippen molar-refractivity contribution in [3.8, 4) is 5.75 Å². The van der Waals surface area contributed by atoms with Crippen LogP contribution in [-0.2, 0) is 4.79 Å². The molecule has 0 fully saturated rings. The Labute approximate surface area is 137 Å². The molecule has 1 heterocycles. The summed E-state index contributed by atoms with van der Waals surface area (Å²) in [7, 11) is 0. The lowest BCUT2D eigenvalue weighted by Gasteiger charge is -2.04. The lowest BCUT2D eigenvalue weighted by molar-refractivity contribution is -0.384. The van der Waals surface area contributed by atoms with E-state index in [1.54, 1.807) is 37.5 Å². The number of hydrogen-bond donors (Lipinski definition) is 1. The molecule has 0 saturated heterocycles. The van der Waals surface area contributed by atoms with Crippen LogP contribution < -0.4 is 10.2 Å². The summed E-state index contributed by atoms with van der Waals surface area (Å²) in [5.41, 5.74) is 2.79. The largest absolute Gasteiger partial charge is 0.483 e. The van der Waals surface area contributed by atoms with Gasteiger partial charge in [-0.15, -0.1) is 0 Å². The number of carbonyl (C=O) groups is 1. The summed E-state index contributed by atoms with van der Waals surface area (Å²) < 4.78 is 10.3. The van der Waals surface area contributed by atoms with Gasteiger partial charge >= 0.3 is 0 Å². The summed E-state index contributed by atoms with van der Waals surface area (Å²) in [6.07, 6.45) is 4.95. The lowest BCUT2D eigenvalue weighted by Crippen LogP contribution is -2.25. The second kappa shape index (κ2) is 8.28. The number of non-ortho nitro benzene ring substituents is 1. The van der Waals surface area contributed by atoms with Gasteiger partial charge in [-0.25, -0.2) is 5.43 Å². The number of rotatable bonds is 7. The molecule has 24 heavy (non-hydrogen) atoms. The van der Waals surface area contributed by atoms with E-state index in [9.17, 15) is 14.9 Å². The number of nitro benzene ring substituents is 1. The van der Waals surface area contributed by atoms with E-state index in [4.69, 9.17) is 9.15 Å². The fourth-order valence-corrected chi connectivity index (χ4v) is 1.64. The van der Waals surface area contributed by atoms with E-state index in [1.165, 1.54) is 24.3 Å². The number of allylic oxidation sites excluding steroid dienone is 1.